The predicted molar refractivity (Wildman–Crippen MR) is 132 cm³/mol. The number of hydrogen-bond donors (Lipinski definition) is 1. The number of hydrogen-bond acceptors (Lipinski definition) is 4. The molecule has 0 bridgehead atoms. The summed E-state index contributed by atoms with van der Waals surface area (Å²) in [7, 11) is 1.56. The van der Waals surface area contributed by atoms with Crippen LogP contribution in [0.2, 0.25) is 0 Å². The molecule has 1 aliphatic heterocycles. The number of aryl methyl sites for hydroxylation is 1. The Balaban J connectivity index is 1.80. The van der Waals surface area contributed by atoms with Gasteiger partial charge in [0.25, 0.3) is 11.8 Å². The first-order chi connectivity index (χ1) is 15.9. The van der Waals surface area contributed by atoms with Gasteiger partial charge in [-0.1, -0.05) is 63.2 Å². The number of methoxy groups -OCH3 is 1. The number of imide groups is 1. The molecule has 5 heteroatoms. The maximum atomic E-state index is 13.6. The van der Waals surface area contributed by atoms with E-state index in [2.05, 4.69) is 26.1 Å². The quantitative estimate of drug-likeness (QED) is 0.473. The fourth-order valence-electron chi connectivity index (χ4n) is 3.96. The van der Waals surface area contributed by atoms with Crippen molar-refractivity contribution < 1.29 is 14.3 Å². The Morgan fingerprint density at radius 2 is 1.55 bits per heavy atom. The summed E-state index contributed by atoms with van der Waals surface area (Å²) in [5.74, 6) is 0.165. The van der Waals surface area contributed by atoms with Gasteiger partial charge in [-0.3, -0.25) is 9.59 Å². The minimum Gasteiger partial charge on any atom is -0.496 e. The molecule has 3 aromatic carbocycles. The van der Waals surface area contributed by atoms with E-state index in [-0.39, 0.29) is 11.6 Å². The highest BCUT2D eigenvalue weighted by Gasteiger charge is 2.41. The number of para-hydroxylation sites is 1. The predicted octanol–water partition coefficient (Wildman–Crippen LogP) is 5.78. The summed E-state index contributed by atoms with van der Waals surface area (Å²) in [5.41, 5.74) is 4.73. The standard InChI is InChI=1S/C28H28N2O3/c1-5-19-10-16-22(17-11-19)30-27(31)25(23-8-6-7-9-24(23)33-4)26(28(30)32)29-21-14-12-20(13-15-21)18(2)3/h6-18,29H,5H2,1-4H3. The lowest BCUT2D eigenvalue weighted by atomic mass is 10.0. The van der Waals surface area contributed by atoms with Crippen molar-refractivity contribution >= 4 is 28.8 Å². The van der Waals surface area contributed by atoms with Crippen molar-refractivity contribution in [2.24, 2.45) is 0 Å². The molecule has 0 saturated heterocycles. The van der Waals surface area contributed by atoms with Crippen LogP contribution < -0.4 is 15.0 Å². The van der Waals surface area contributed by atoms with Crippen molar-refractivity contribution in [1.82, 2.24) is 0 Å². The molecule has 1 aliphatic rings. The summed E-state index contributed by atoms with van der Waals surface area (Å²) in [6, 6.07) is 22.7. The molecule has 168 valence electrons. The first kappa shape index (κ1) is 22.3. The third-order valence-corrected chi connectivity index (χ3v) is 5.91. The lowest BCUT2D eigenvalue weighted by molar-refractivity contribution is -0.120. The van der Waals surface area contributed by atoms with Crippen LogP contribution in [0, 0.1) is 0 Å². The molecular weight excluding hydrogens is 412 g/mol. The molecule has 0 radical (unpaired) electrons. The molecule has 2 amide bonds. The Bertz CT molecular complexity index is 1210. The van der Waals surface area contributed by atoms with Gasteiger partial charge in [0.05, 0.1) is 18.4 Å². The third kappa shape index (κ3) is 4.27. The number of nitrogens with zero attached hydrogens (tertiary/aromatic N) is 1. The molecule has 0 saturated carbocycles. The van der Waals surface area contributed by atoms with E-state index < -0.39 is 5.91 Å². The molecule has 0 unspecified atom stereocenters. The van der Waals surface area contributed by atoms with E-state index in [0.717, 1.165) is 17.7 Å². The molecule has 33 heavy (non-hydrogen) atoms. The van der Waals surface area contributed by atoms with E-state index in [9.17, 15) is 9.59 Å². The second-order valence-electron chi connectivity index (χ2n) is 8.32. The molecule has 5 nitrogen and oxygen atoms in total. The SMILES string of the molecule is CCc1ccc(N2C(=O)C(Nc3ccc(C(C)C)cc3)=C(c3ccccc3OC)C2=O)cc1. The second kappa shape index (κ2) is 9.33. The molecule has 0 fully saturated rings. The Kier molecular flexibility index (Phi) is 6.31. The van der Waals surface area contributed by atoms with Gasteiger partial charge in [-0.2, -0.15) is 0 Å². The van der Waals surface area contributed by atoms with Crippen molar-refractivity contribution in [2.75, 3.05) is 17.3 Å². The van der Waals surface area contributed by atoms with E-state index in [1.807, 2.05) is 60.7 Å². The third-order valence-electron chi connectivity index (χ3n) is 5.91. The number of nitrogens with one attached hydrogen (secondary N) is 1. The summed E-state index contributed by atoms with van der Waals surface area (Å²) >= 11 is 0. The number of benzene rings is 3. The minimum absolute atomic E-state index is 0.237. The molecule has 0 spiro atoms. The van der Waals surface area contributed by atoms with E-state index in [4.69, 9.17) is 4.74 Å². The van der Waals surface area contributed by atoms with Crippen molar-refractivity contribution in [3.63, 3.8) is 0 Å². The van der Waals surface area contributed by atoms with E-state index in [0.29, 0.717) is 28.5 Å². The number of carbonyl (C=O) groups is 2. The maximum absolute atomic E-state index is 13.6. The van der Waals surface area contributed by atoms with Crippen LogP contribution in [0.1, 0.15) is 43.4 Å². The monoisotopic (exact) mass is 440 g/mol. The lowest BCUT2D eigenvalue weighted by Gasteiger charge is -2.16. The number of amides is 2. The first-order valence-corrected chi connectivity index (χ1v) is 11.2. The minimum atomic E-state index is -0.391. The van der Waals surface area contributed by atoms with Gasteiger partial charge in [-0.25, -0.2) is 4.90 Å². The highest BCUT2D eigenvalue weighted by molar-refractivity contribution is 6.46. The van der Waals surface area contributed by atoms with Crippen molar-refractivity contribution in [3.05, 3.63) is 95.2 Å². The zero-order valence-electron chi connectivity index (χ0n) is 19.4. The number of anilines is 2. The zero-order valence-corrected chi connectivity index (χ0v) is 19.4. The Labute approximate surface area is 194 Å². The van der Waals surface area contributed by atoms with Crippen LogP contribution in [0.15, 0.2) is 78.5 Å². The number of carbonyl (C=O) groups excluding carboxylic acids is 2. The topological polar surface area (TPSA) is 58.6 Å². The van der Waals surface area contributed by atoms with E-state index in [1.54, 1.807) is 19.2 Å². The van der Waals surface area contributed by atoms with Crippen LogP contribution in [0.4, 0.5) is 11.4 Å². The van der Waals surface area contributed by atoms with Crippen LogP contribution in [0.25, 0.3) is 5.57 Å². The summed E-state index contributed by atoms with van der Waals surface area (Å²) in [4.78, 5) is 28.4. The normalized spacial score (nSPS) is 13.8. The summed E-state index contributed by atoms with van der Waals surface area (Å²) in [5, 5.41) is 3.22. The fourth-order valence-corrected chi connectivity index (χ4v) is 3.96. The molecular formula is C28H28N2O3. The Morgan fingerprint density at radius 3 is 2.15 bits per heavy atom. The highest BCUT2D eigenvalue weighted by Crippen LogP contribution is 2.37. The summed E-state index contributed by atoms with van der Waals surface area (Å²) in [6.45, 7) is 6.33. The first-order valence-electron chi connectivity index (χ1n) is 11.2. The van der Waals surface area contributed by atoms with Crippen LogP contribution in [0.3, 0.4) is 0 Å². The van der Waals surface area contributed by atoms with Gasteiger partial charge < -0.3 is 10.1 Å². The van der Waals surface area contributed by atoms with Gasteiger partial charge in [0, 0.05) is 11.3 Å². The molecule has 0 aromatic heterocycles. The van der Waals surface area contributed by atoms with Crippen LogP contribution in [0.5, 0.6) is 5.75 Å². The summed E-state index contributed by atoms with van der Waals surface area (Å²) < 4.78 is 5.51. The summed E-state index contributed by atoms with van der Waals surface area (Å²) in [6.07, 6.45) is 0.881. The zero-order chi connectivity index (χ0) is 23.5. The molecule has 0 atom stereocenters. The van der Waals surface area contributed by atoms with Crippen LogP contribution >= 0.6 is 0 Å². The fraction of sp³-hybridized carbons (Fsp3) is 0.214. The Morgan fingerprint density at radius 1 is 0.879 bits per heavy atom. The molecule has 1 N–H and O–H groups in total. The smallest absolute Gasteiger partial charge is 0.282 e. The van der Waals surface area contributed by atoms with Crippen molar-refractivity contribution in [2.45, 2.75) is 33.1 Å². The van der Waals surface area contributed by atoms with Crippen LogP contribution in [-0.2, 0) is 16.0 Å². The Hall–Kier alpha value is -3.86. The average Bonchev–Trinajstić information content (AvgIpc) is 3.08. The van der Waals surface area contributed by atoms with E-state index >= 15 is 0 Å². The molecule has 0 aliphatic carbocycles. The van der Waals surface area contributed by atoms with Crippen molar-refractivity contribution in [3.8, 4) is 5.75 Å². The average molecular weight is 441 g/mol. The lowest BCUT2D eigenvalue weighted by Crippen LogP contribution is -2.32. The largest absolute Gasteiger partial charge is 0.496 e. The van der Waals surface area contributed by atoms with Gasteiger partial charge in [0.1, 0.15) is 11.4 Å². The van der Waals surface area contributed by atoms with Gasteiger partial charge in [0.2, 0.25) is 0 Å². The number of ether oxygens (including phenoxy) is 1. The van der Waals surface area contributed by atoms with Gasteiger partial charge in [0.15, 0.2) is 0 Å². The highest BCUT2D eigenvalue weighted by atomic mass is 16.5. The molecule has 4 rings (SSSR count). The number of rotatable bonds is 7. The molecule has 3 aromatic rings. The van der Waals surface area contributed by atoms with Gasteiger partial charge in [-0.05, 0) is 53.8 Å². The second-order valence-corrected chi connectivity index (χ2v) is 8.32. The van der Waals surface area contributed by atoms with Gasteiger partial charge in [-0.15, -0.1) is 0 Å². The van der Waals surface area contributed by atoms with Crippen LogP contribution in [-0.4, -0.2) is 18.9 Å². The molecule has 1 heterocycles. The van der Waals surface area contributed by atoms with Gasteiger partial charge >= 0.3 is 0 Å². The maximum Gasteiger partial charge on any atom is 0.282 e. The van der Waals surface area contributed by atoms with E-state index in [1.165, 1.54) is 10.5 Å². The van der Waals surface area contributed by atoms with Crippen molar-refractivity contribution in [1.29, 1.82) is 0 Å².